The monoisotopic (exact) mass is 373 g/mol. The van der Waals surface area contributed by atoms with Gasteiger partial charge < -0.3 is 10.6 Å². The molecule has 5 aliphatic carbocycles. The Hall–Kier alpha value is -1.59. The minimum Gasteiger partial charge on any atom is -0.351 e. The van der Waals surface area contributed by atoms with E-state index in [1.54, 1.807) is 0 Å². The van der Waals surface area contributed by atoms with Crippen molar-refractivity contribution in [3.05, 3.63) is 0 Å². The lowest BCUT2D eigenvalue weighted by molar-refractivity contribution is -0.138. The summed E-state index contributed by atoms with van der Waals surface area (Å²) in [7, 11) is 0. The quantitative estimate of drug-likeness (QED) is 0.746. The van der Waals surface area contributed by atoms with Gasteiger partial charge in [-0.25, -0.2) is 4.79 Å². The van der Waals surface area contributed by atoms with Gasteiger partial charge in [-0.1, -0.05) is 19.8 Å². The third-order valence-electron chi connectivity index (χ3n) is 8.36. The highest BCUT2D eigenvalue weighted by Gasteiger charge is 2.55. The predicted octanol–water partition coefficient (Wildman–Crippen LogP) is 2.43. The Morgan fingerprint density at radius 3 is 2.41 bits per heavy atom. The van der Waals surface area contributed by atoms with Gasteiger partial charge in [-0.05, 0) is 74.5 Å². The van der Waals surface area contributed by atoms with Gasteiger partial charge in [-0.3, -0.25) is 14.5 Å². The molecule has 2 atom stereocenters. The van der Waals surface area contributed by atoms with Crippen molar-refractivity contribution in [1.82, 2.24) is 15.5 Å². The van der Waals surface area contributed by atoms with Crippen LogP contribution in [0.15, 0.2) is 0 Å². The Morgan fingerprint density at radius 2 is 1.78 bits per heavy atom. The highest BCUT2D eigenvalue weighted by atomic mass is 16.2. The fraction of sp³-hybridized carbons (Fsp3) is 0.857. The number of hydrogen-bond acceptors (Lipinski definition) is 3. The van der Waals surface area contributed by atoms with Crippen LogP contribution in [0.3, 0.4) is 0 Å². The number of hydrogen-bond donors (Lipinski definition) is 2. The molecule has 6 rings (SSSR count). The van der Waals surface area contributed by atoms with Crippen LogP contribution >= 0.6 is 0 Å². The van der Waals surface area contributed by atoms with Crippen LogP contribution in [-0.4, -0.2) is 40.9 Å². The van der Waals surface area contributed by atoms with E-state index in [1.807, 2.05) is 6.92 Å². The molecule has 6 aliphatic rings. The zero-order valence-electron chi connectivity index (χ0n) is 16.2. The van der Waals surface area contributed by atoms with E-state index in [0.29, 0.717) is 18.3 Å². The molecule has 0 radical (unpaired) electrons. The third kappa shape index (κ3) is 2.70. The first-order valence-corrected chi connectivity index (χ1v) is 10.9. The molecule has 4 bridgehead atoms. The first-order chi connectivity index (χ1) is 13.0. The molecule has 4 amide bonds. The first-order valence-electron chi connectivity index (χ1n) is 10.9. The number of carbonyl (C=O) groups is 3. The SMILES string of the molecule is CC1CCCCC12NC(=O)N(CC(=O)NC1C3CC4CC(C3)CC1C4)C2=O. The molecule has 1 saturated heterocycles. The summed E-state index contributed by atoms with van der Waals surface area (Å²) in [5.41, 5.74) is -0.780. The minimum atomic E-state index is -0.780. The molecule has 0 aromatic carbocycles. The van der Waals surface area contributed by atoms with Crippen LogP contribution in [0.4, 0.5) is 4.79 Å². The summed E-state index contributed by atoms with van der Waals surface area (Å²) < 4.78 is 0. The molecule has 1 heterocycles. The fourth-order valence-corrected chi connectivity index (χ4v) is 7.17. The number of nitrogens with zero attached hydrogens (tertiary/aromatic N) is 1. The molecule has 2 N–H and O–H groups in total. The normalized spacial score (nSPS) is 45.4. The predicted molar refractivity (Wildman–Crippen MR) is 99.6 cm³/mol. The largest absolute Gasteiger partial charge is 0.351 e. The average molecular weight is 373 g/mol. The van der Waals surface area contributed by atoms with E-state index in [2.05, 4.69) is 10.6 Å². The number of rotatable bonds is 3. The smallest absolute Gasteiger partial charge is 0.325 e. The van der Waals surface area contributed by atoms with E-state index >= 15 is 0 Å². The van der Waals surface area contributed by atoms with E-state index in [4.69, 9.17) is 0 Å². The van der Waals surface area contributed by atoms with Crippen molar-refractivity contribution >= 4 is 17.8 Å². The van der Waals surface area contributed by atoms with Gasteiger partial charge in [0.25, 0.3) is 5.91 Å². The first kappa shape index (κ1) is 17.5. The molecule has 148 valence electrons. The molecular weight excluding hydrogens is 342 g/mol. The van der Waals surface area contributed by atoms with Crippen molar-refractivity contribution in [1.29, 1.82) is 0 Å². The lowest BCUT2D eigenvalue weighted by Gasteiger charge is -2.54. The molecule has 1 spiro atoms. The van der Waals surface area contributed by atoms with Crippen LogP contribution in [-0.2, 0) is 9.59 Å². The molecule has 0 aromatic rings. The van der Waals surface area contributed by atoms with E-state index in [1.165, 1.54) is 32.1 Å². The number of nitrogens with one attached hydrogen (secondary N) is 2. The maximum atomic E-state index is 13.0. The van der Waals surface area contributed by atoms with Crippen LogP contribution in [0, 0.1) is 29.6 Å². The van der Waals surface area contributed by atoms with Gasteiger partial charge in [0, 0.05) is 6.04 Å². The average Bonchev–Trinajstić information content (AvgIpc) is 2.85. The molecule has 2 unspecified atom stereocenters. The highest BCUT2D eigenvalue weighted by molar-refractivity contribution is 6.09. The standard InChI is InChI=1S/C21H31N3O3/c1-12-4-2-3-5-21(12)19(26)24(20(27)23-21)11-17(25)22-18-15-7-13-6-14(9-15)10-16(18)8-13/h12-16,18H,2-11H2,1H3,(H,22,25)(H,23,27). The topological polar surface area (TPSA) is 78.5 Å². The molecular formula is C21H31N3O3. The maximum absolute atomic E-state index is 13.0. The summed E-state index contributed by atoms with van der Waals surface area (Å²) in [4.78, 5) is 39.4. The zero-order valence-corrected chi connectivity index (χ0v) is 16.2. The Morgan fingerprint density at radius 1 is 1.11 bits per heavy atom. The van der Waals surface area contributed by atoms with Crippen molar-refractivity contribution in [2.45, 2.75) is 76.3 Å². The summed E-state index contributed by atoms with van der Waals surface area (Å²) >= 11 is 0. The second kappa shape index (κ2) is 6.21. The van der Waals surface area contributed by atoms with Crippen molar-refractivity contribution in [2.24, 2.45) is 29.6 Å². The van der Waals surface area contributed by atoms with E-state index in [0.717, 1.165) is 36.0 Å². The van der Waals surface area contributed by atoms with Gasteiger partial charge >= 0.3 is 6.03 Å². The molecule has 6 fully saturated rings. The number of carbonyl (C=O) groups excluding carboxylic acids is 3. The lowest BCUT2D eigenvalue weighted by Crippen LogP contribution is -2.57. The van der Waals surface area contributed by atoms with Crippen LogP contribution < -0.4 is 10.6 Å². The van der Waals surface area contributed by atoms with Crippen LogP contribution in [0.25, 0.3) is 0 Å². The summed E-state index contributed by atoms with van der Waals surface area (Å²) in [5, 5.41) is 6.16. The van der Waals surface area contributed by atoms with Crippen molar-refractivity contribution in [3.8, 4) is 0 Å². The number of imide groups is 1. The molecule has 1 aliphatic heterocycles. The van der Waals surface area contributed by atoms with Crippen LogP contribution in [0.5, 0.6) is 0 Å². The molecule has 0 aromatic heterocycles. The fourth-order valence-electron chi connectivity index (χ4n) is 7.17. The second-order valence-corrected chi connectivity index (χ2v) is 9.96. The molecule has 6 heteroatoms. The van der Waals surface area contributed by atoms with Gasteiger partial charge in [0.05, 0.1) is 0 Å². The Bertz CT molecular complexity index is 650. The lowest BCUT2D eigenvalue weighted by atomic mass is 9.54. The number of urea groups is 1. The second-order valence-electron chi connectivity index (χ2n) is 9.96. The van der Waals surface area contributed by atoms with Crippen molar-refractivity contribution < 1.29 is 14.4 Å². The molecule has 27 heavy (non-hydrogen) atoms. The highest BCUT2D eigenvalue weighted by Crippen LogP contribution is 2.53. The summed E-state index contributed by atoms with van der Waals surface area (Å²) in [6, 6.07) is -0.150. The molecule has 5 saturated carbocycles. The van der Waals surface area contributed by atoms with Crippen molar-refractivity contribution in [3.63, 3.8) is 0 Å². The minimum absolute atomic E-state index is 0.125. The summed E-state index contributed by atoms with van der Waals surface area (Å²) in [6.07, 6.45) is 10.0. The van der Waals surface area contributed by atoms with E-state index in [-0.39, 0.29) is 30.3 Å². The van der Waals surface area contributed by atoms with Crippen LogP contribution in [0.2, 0.25) is 0 Å². The van der Waals surface area contributed by atoms with Gasteiger partial charge in [0.2, 0.25) is 5.91 Å². The Kier molecular flexibility index (Phi) is 4.03. The third-order valence-corrected chi connectivity index (χ3v) is 8.36. The van der Waals surface area contributed by atoms with Gasteiger partial charge in [0.15, 0.2) is 0 Å². The Balaban J connectivity index is 1.25. The Labute approximate surface area is 160 Å². The summed E-state index contributed by atoms with van der Waals surface area (Å²) in [6.45, 7) is 1.90. The van der Waals surface area contributed by atoms with Gasteiger partial charge in [-0.2, -0.15) is 0 Å². The van der Waals surface area contributed by atoms with Crippen LogP contribution in [0.1, 0.15) is 64.7 Å². The summed E-state index contributed by atoms with van der Waals surface area (Å²) in [5.74, 6) is 2.67. The zero-order chi connectivity index (χ0) is 18.8. The van der Waals surface area contributed by atoms with E-state index in [9.17, 15) is 14.4 Å². The van der Waals surface area contributed by atoms with E-state index < -0.39 is 11.6 Å². The van der Waals surface area contributed by atoms with Crippen molar-refractivity contribution in [2.75, 3.05) is 6.54 Å². The number of amides is 4. The molecule has 6 nitrogen and oxygen atoms in total. The van der Waals surface area contributed by atoms with Gasteiger partial charge in [-0.15, -0.1) is 0 Å². The maximum Gasteiger partial charge on any atom is 0.325 e. The van der Waals surface area contributed by atoms with Gasteiger partial charge in [0.1, 0.15) is 12.1 Å².